The molecule has 1 aromatic heterocycles. The third kappa shape index (κ3) is 3.47. The highest BCUT2D eigenvalue weighted by molar-refractivity contribution is 6.01. The predicted octanol–water partition coefficient (Wildman–Crippen LogP) is 2.03. The lowest BCUT2D eigenvalue weighted by Crippen LogP contribution is -2.23. The first-order valence-corrected chi connectivity index (χ1v) is 6.95. The number of hydrogen-bond donors (Lipinski definition) is 1. The average Bonchev–Trinajstić information content (AvgIpc) is 3.06. The largest absolute Gasteiger partial charge is 0.454 e. The van der Waals surface area contributed by atoms with E-state index in [0.717, 1.165) is 5.56 Å². The van der Waals surface area contributed by atoms with Gasteiger partial charge in [0.1, 0.15) is 11.6 Å². The van der Waals surface area contributed by atoms with Crippen molar-refractivity contribution in [3.63, 3.8) is 0 Å². The van der Waals surface area contributed by atoms with Crippen molar-refractivity contribution in [1.29, 1.82) is 5.26 Å². The minimum absolute atomic E-state index is 0.0266. The molecular weight excluding hydrogens is 294 g/mol. The number of amides is 1. The Morgan fingerprint density at radius 3 is 3.00 bits per heavy atom. The molecule has 0 atom stereocenters. The maximum atomic E-state index is 12.1. The van der Waals surface area contributed by atoms with Crippen LogP contribution in [-0.2, 0) is 11.3 Å². The third-order valence-electron chi connectivity index (χ3n) is 3.25. The van der Waals surface area contributed by atoms with Crippen LogP contribution in [0.2, 0.25) is 0 Å². The lowest BCUT2D eigenvalue weighted by molar-refractivity contribution is -0.117. The Hall–Kier alpha value is -3.33. The summed E-state index contributed by atoms with van der Waals surface area (Å²) in [5.41, 5.74) is 1.59. The van der Waals surface area contributed by atoms with Gasteiger partial charge in [-0.25, -0.2) is 0 Å². The first-order valence-electron chi connectivity index (χ1n) is 6.95. The number of hydrogen-bond acceptors (Lipinski definition) is 5. The summed E-state index contributed by atoms with van der Waals surface area (Å²) in [6, 6.07) is 10.9. The number of carbonyl (C=O) groups is 1. The topological polar surface area (TPSA) is 84.2 Å². The number of nitrogens with one attached hydrogen (secondary N) is 1. The van der Waals surface area contributed by atoms with Gasteiger partial charge in [-0.05, 0) is 35.4 Å². The SMILES string of the molecule is N#C/C(=C\c1cccnc1)C(=O)NCc1ccc2c(c1)OCO2. The molecule has 0 bridgehead atoms. The summed E-state index contributed by atoms with van der Waals surface area (Å²) >= 11 is 0. The Kier molecular flexibility index (Phi) is 4.20. The molecule has 0 radical (unpaired) electrons. The van der Waals surface area contributed by atoms with E-state index in [0.29, 0.717) is 23.6 Å². The second-order valence-electron chi connectivity index (χ2n) is 4.83. The fraction of sp³-hybridized carbons (Fsp3) is 0.118. The number of nitrogens with zero attached hydrogens (tertiary/aromatic N) is 2. The fourth-order valence-corrected chi connectivity index (χ4v) is 2.11. The average molecular weight is 307 g/mol. The van der Waals surface area contributed by atoms with Crippen LogP contribution in [0.5, 0.6) is 11.5 Å². The molecule has 0 aliphatic carbocycles. The Morgan fingerprint density at radius 1 is 1.35 bits per heavy atom. The van der Waals surface area contributed by atoms with E-state index in [1.54, 1.807) is 36.7 Å². The van der Waals surface area contributed by atoms with E-state index in [1.165, 1.54) is 6.08 Å². The van der Waals surface area contributed by atoms with Gasteiger partial charge in [-0.15, -0.1) is 0 Å². The molecule has 0 fully saturated rings. The standard InChI is InChI=1S/C17H13N3O3/c18-8-14(6-12-2-1-5-19-9-12)17(21)20-10-13-3-4-15-16(7-13)23-11-22-15/h1-7,9H,10-11H2,(H,20,21)/b14-6+. The summed E-state index contributed by atoms with van der Waals surface area (Å²) in [5.74, 6) is 0.909. The minimum Gasteiger partial charge on any atom is -0.454 e. The Balaban J connectivity index is 1.66. The molecular formula is C17H13N3O3. The maximum Gasteiger partial charge on any atom is 0.262 e. The summed E-state index contributed by atoms with van der Waals surface area (Å²) in [7, 11) is 0. The number of aromatic nitrogens is 1. The van der Waals surface area contributed by atoms with Crippen LogP contribution < -0.4 is 14.8 Å². The van der Waals surface area contributed by atoms with E-state index < -0.39 is 5.91 Å². The molecule has 23 heavy (non-hydrogen) atoms. The quantitative estimate of drug-likeness (QED) is 0.690. The highest BCUT2D eigenvalue weighted by Crippen LogP contribution is 2.32. The summed E-state index contributed by atoms with van der Waals surface area (Å²) in [6.45, 7) is 0.499. The smallest absolute Gasteiger partial charge is 0.262 e. The number of benzene rings is 1. The summed E-state index contributed by atoms with van der Waals surface area (Å²) < 4.78 is 10.5. The summed E-state index contributed by atoms with van der Waals surface area (Å²) in [6.07, 6.45) is 4.72. The molecule has 1 amide bonds. The van der Waals surface area contributed by atoms with Gasteiger partial charge >= 0.3 is 0 Å². The molecule has 0 unspecified atom stereocenters. The van der Waals surface area contributed by atoms with Crippen LogP contribution in [0.3, 0.4) is 0 Å². The normalized spacial score (nSPS) is 12.6. The second-order valence-corrected chi connectivity index (χ2v) is 4.83. The number of ether oxygens (including phenoxy) is 2. The lowest BCUT2D eigenvalue weighted by atomic mass is 10.1. The van der Waals surface area contributed by atoms with Crippen molar-refractivity contribution in [2.45, 2.75) is 6.54 Å². The molecule has 2 aromatic rings. The number of rotatable bonds is 4. The number of carbonyl (C=O) groups excluding carboxylic acids is 1. The molecule has 0 saturated carbocycles. The molecule has 1 N–H and O–H groups in total. The van der Waals surface area contributed by atoms with Gasteiger partial charge in [0.2, 0.25) is 6.79 Å². The third-order valence-corrected chi connectivity index (χ3v) is 3.25. The molecule has 1 aromatic carbocycles. The highest BCUT2D eigenvalue weighted by atomic mass is 16.7. The lowest BCUT2D eigenvalue weighted by Gasteiger charge is -2.05. The molecule has 0 spiro atoms. The fourth-order valence-electron chi connectivity index (χ4n) is 2.11. The van der Waals surface area contributed by atoms with Gasteiger partial charge in [-0.2, -0.15) is 5.26 Å². The minimum atomic E-state index is -0.436. The first-order chi connectivity index (χ1) is 11.3. The zero-order chi connectivity index (χ0) is 16.1. The van der Waals surface area contributed by atoms with Gasteiger partial charge in [-0.1, -0.05) is 12.1 Å². The van der Waals surface area contributed by atoms with E-state index in [9.17, 15) is 4.79 Å². The van der Waals surface area contributed by atoms with Crippen LogP contribution in [0.25, 0.3) is 6.08 Å². The summed E-state index contributed by atoms with van der Waals surface area (Å²) in [4.78, 5) is 16.1. The molecule has 1 aliphatic heterocycles. The molecule has 2 heterocycles. The molecule has 114 valence electrons. The monoisotopic (exact) mass is 307 g/mol. The van der Waals surface area contributed by atoms with Gasteiger partial charge in [0, 0.05) is 18.9 Å². The van der Waals surface area contributed by atoms with Crippen molar-refractivity contribution < 1.29 is 14.3 Å². The first kappa shape index (κ1) is 14.6. The summed E-state index contributed by atoms with van der Waals surface area (Å²) in [5, 5.41) is 11.9. The van der Waals surface area contributed by atoms with Crippen molar-refractivity contribution in [3.05, 3.63) is 59.4 Å². The maximum absolute atomic E-state index is 12.1. The van der Waals surface area contributed by atoms with Crippen LogP contribution in [0, 0.1) is 11.3 Å². The molecule has 1 aliphatic rings. The Labute approximate surface area is 133 Å². The van der Waals surface area contributed by atoms with Gasteiger partial charge in [0.25, 0.3) is 5.91 Å². The Morgan fingerprint density at radius 2 is 2.22 bits per heavy atom. The van der Waals surface area contributed by atoms with Crippen LogP contribution in [0.15, 0.2) is 48.3 Å². The van der Waals surface area contributed by atoms with Gasteiger partial charge in [0.15, 0.2) is 11.5 Å². The molecule has 3 rings (SSSR count). The van der Waals surface area contributed by atoms with E-state index in [2.05, 4.69) is 10.3 Å². The van der Waals surface area contributed by atoms with Crippen molar-refractivity contribution in [2.24, 2.45) is 0 Å². The number of nitriles is 1. The highest BCUT2D eigenvalue weighted by Gasteiger charge is 2.14. The predicted molar refractivity (Wildman–Crippen MR) is 82.2 cm³/mol. The van der Waals surface area contributed by atoms with Crippen molar-refractivity contribution >= 4 is 12.0 Å². The molecule has 6 heteroatoms. The second kappa shape index (κ2) is 6.62. The number of pyridine rings is 1. The van der Waals surface area contributed by atoms with E-state index in [4.69, 9.17) is 14.7 Å². The van der Waals surface area contributed by atoms with Gasteiger partial charge in [0.05, 0.1) is 0 Å². The van der Waals surface area contributed by atoms with E-state index in [1.807, 2.05) is 12.1 Å². The van der Waals surface area contributed by atoms with Gasteiger partial charge in [-0.3, -0.25) is 9.78 Å². The van der Waals surface area contributed by atoms with Gasteiger partial charge < -0.3 is 14.8 Å². The zero-order valence-corrected chi connectivity index (χ0v) is 12.2. The van der Waals surface area contributed by atoms with Crippen LogP contribution in [0.1, 0.15) is 11.1 Å². The number of fused-ring (bicyclic) bond motifs is 1. The Bertz CT molecular complexity index is 794. The van der Waals surface area contributed by atoms with Crippen LogP contribution in [0.4, 0.5) is 0 Å². The van der Waals surface area contributed by atoms with E-state index >= 15 is 0 Å². The van der Waals surface area contributed by atoms with E-state index in [-0.39, 0.29) is 12.4 Å². The van der Waals surface area contributed by atoms with Crippen molar-refractivity contribution in [2.75, 3.05) is 6.79 Å². The van der Waals surface area contributed by atoms with Crippen LogP contribution in [-0.4, -0.2) is 17.7 Å². The van der Waals surface area contributed by atoms with Crippen molar-refractivity contribution in [1.82, 2.24) is 10.3 Å². The molecule has 6 nitrogen and oxygen atoms in total. The zero-order valence-electron chi connectivity index (χ0n) is 12.2. The van der Waals surface area contributed by atoms with Crippen molar-refractivity contribution in [3.8, 4) is 17.6 Å². The molecule has 0 saturated heterocycles. The van der Waals surface area contributed by atoms with Crippen LogP contribution >= 0.6 is 0 Å².